The Morgan fingerprint density at radius 1 is 0.938 bits per heavy atom. The van der Waals surface area contributed by atoms with Crippen molar-refractivity contribution in [3.05, 3.63) is 47.5 Å². The fraction of sp³-hybridized carbons (Fsp3) is 0. The Morgan fingerprint density at radius 3 is 2.31 bits per heavy atom. The topological polar surface area (TPSA) is 49.7 Å². The number of rotatable bonds is 2. The molecule has 82 valence electrons. The van der Waals surface area contributed by atoms with Gasteiger partial charge >= 0.3 is 0 Å². The SMILES string of the molecule is Oc1cccc(Oc2ccc(Cl)cc2)c1O. The van der Waals surface area contributed by atoms with Gasteiger partial charge in [0.1, 0.15) is 5.75 Å². The Bertz CT molecular complexity index is 494. The molecule has 0 saturated carbocycles. The van der Waals surface area contributed by atoms with E-state index in [0.717, 1.165) is 0 Å². The van der Waals surface area contributed by atoms with E-state index in [1.54, 1.807) is 36.4 Å². The summed E-state index contributed by atoms with van der Waals surface area (Å²) in [6, 6.07) is 11.2. The average molecular weight is 237 g/mol. The van der Waals surface area contributed by atoms with Gasteiger partial charge in [0.05, 0.1) is 0 Å². The van der Waals surface area contributed by atoms with E-state index < -0.39 is 0 Å². The fourth-order valence-corrected chi connectivity index (χ4v) is 1.35. The molecule has 2 aromatic carbocycles. The molecular weight excluding hydrogens is 228 g/mol. The summed E-state index contributed by atoms with van der Waals surface area (Å²) in [6.45, 7) is 0. The molecule has 0 spiro atoms. The molecule has 0 aliphatic rings. The van der Waals surface area contributed by atoms with Gasteiger partial charge in [-0.3, -0.25) is 0 Å². The van der Waals surface area contributed by atoms with Crippen molar-refractivity contribution >= 4 is 11.6 Å². The molecule has 4 heteroatoms. The number of hydrogen-bond donors (Lipinski definition) is 2. The lowest BCUT2D eigenvalue weighted by molar-refractivity contribution is 0.373. The van der Waals surface area contributed by atoms with Crippen LogP contribution in [0.4, 0.5) is 0 Å². The molecule has 2 rings (SSSR count). The molecule has 0 heterocycles. The van der Waals surface area contributed by atoms with E-state index >= 15 is 0 Å². The lowest BCUT2D eigenvalue weighted by Gasteiger charge is -2.08. The first-order valence-electron chi connectivity index (χ1n) is 4.61. The van der Waals surface area contributed by atoms with E-state index in [1.165, 1.54) is 6.07 Å². The predicted octanol–water partition coefficient (Wildman–Crippen LogP) is 3.54. The van der Waals surface area contributed by atoms with E-state index in [9.17, 15) is 10.2 Å². The molecule has 2 N–H and O–H groups in total. The maximum Gasteiger partial charge on any atom is 0.201 e. The monoisotopic (exact) mass is 236 g/mol. The van der Waals surface area contributed by atoms with Crippen LogP contribution in [0.5, 0.6) is 23.0 Å². The van der Waals surface area contributed by atoms with Crippen LogP contribution in [0.15, 0.2) is 42.5 Å². The summed E-state index contributed by atoms with van der Waals surface area (Å²) in [5.41, 5.74) is 0. The second-order valence-electron chi connectivity index (χ2n) is 3.18. The molecule has 0 saturated heterocycles. The smallest absolute Gasteiger partial charge is 0.201 e. The van der Waals surface area contributed by atoms with Gasteiger partial charge in [-0.1, -0.05) is 17.7 Å². The molecule has 0 aliphatic carbocycles. The molecule has 0 atom stereocenters. The summed E-state index contributed by atoms with van der Waals surface area (Å²) in [6.07, 6.45) is 0. The maximum absolute atomic E-state index is 9.51. The number of para-hydroxylation sites is 1. The van der Waals surface area contributed by atoms with Crippen LogP contribution in [0.3, 0.4) is 0 Å². The van der Waals surface area contributed by atoms with E-state index in [-0.39, 0.29) is 17.2 Å². The van der Waals surface area contributed by atoms with E-state index in [1.807, 2.05) is 0 Å². The fourth-order valence-electron chi connectivity index (χ4n) is 1.22. The largest absolute Gasteiger partial charge is 0.504 e. The Balaban J connectivity index is 2.27. The molecule has 16 heavy (non-hydrogen) atoms. The lowest BCUT2D eigenvalue weighted by Crippen LogP contribution is -1.84. The van der Waals surface area contributed by atoms with Crippen LogP contribution in [0, 0.1) is 0 Å². The molecule has 0 fully saturated rings. The van der Waals surface area contributed by atoms with Crippen molar-refractivity contribution in [2.45, 2.75) is 0 Å². The van der Waals surface area contributed by atoms with Crippen LogP contribution in [0.2, 0.25) is 5.02 Å². The van der Waals surface area contributed by atoms with Gasteiger partial charge in [0.15, 0.2) is 11.5 Å². The molecule has 3 nitrogen and oxygen atoms in total. The number of benzene rings is 2. The van der Waals surface area contributed by atoms with Gasteiger partial charge in [-0.15, -0.1) is 0 Å². The number of phenolic OH excluding ortho intramolecular Hbond substituents is 2. The molecule has 0 unspecified atom stereocenters. The minimum atomic E-state index is -0.280. The molecular formula is C12H9ClO3. The zero-order valence-electron chi connectivity index (χ0n) is 8.22. The Hall–Kier alpha value is -1.87. The first kappa shape index (κ1) is 10.6. The van der Waals surface area contributed by atoms with Crippen LogP contribution in [0.1, 0.15) is 0 Å². The molecule has 2 aromatic rings. The van der Waals surface area contributed by atoms with Gasteiger partial charge < -0.3 is 14.9 Å². The van der Waals surface area contributed by atoms with Gasteiger partial charge in [0.2, 0.25) is 5.75 Å². The summed E-state index contributed by atoms with van der Waals surface area (Å²) in [7, 11) is 0. The highest BCUT2D eigenvalue weighted by Gasteiger charge is 2.07. The molecule has 0 aromatic heterocycles. The highest BCUT2D eigenvalue weighted by molar-refractivity contribution is 6.30. The van der Waals surface area contributed by atoms with Gasteiger partial charge in [-0.05, 0) is 36.4 Å². The van der Waals surface area contributed by atoms with Crippen molar-refractivity contribution in [3.8, 4) is 23.0 Å². The van der Waals surface area contributed by atoms with Crippen molar-refractivity contribution in [3.63, 3.8) is 0 Å². The molecule has 0 aliphatic heterocycles. The second-order valence-corrected chi connectivity index (χ2v) is 3.62. The third-order valence-corrected chi connectivity index (χ3v) is 2.27. The normalized spacial score (nSPS) is 10.1. The van der Waals surface area contributed by atoms with E-state index in [4.69, 9.17) is 16.3 Å². The third-order valence-electron chi connectivity index (χ3n) is 2.02. The van der Waals surface area contributed by atoms with Crippen LogP contribution < -0.4 is 4.74 Å². The van der Waals surface area contributed by atoms with Crippen LogP contribution in [-0.2, 0) is 0 Å². The van der Waals surface area contributed by atoms with Gasteiger partial charge in [-0.25, -0.2) is 0 Å². The number of ether oxygens (including phenoxy) is 1. The van der Waals surface area contributed by atoms with Crippen LogP contribution >= 0.6 is 11.6 Å². The van der Waals surface area contributed by atoms with Gasteiger partial charge in [-0.2, -0.15) is 0 Å². The number of hydrogen-bond acceptors (Lipinski definition) is 3. The summed E-state index contributed by atoms with van der Waals surface area (Å²) in [5.74, 6) is 0.233. The van der Waals surface area contributed by atoms with Gasteiger partial charge in [0, 0.05) is 5.02 Å². The van der Waals surface area contributed by atoms with Crippen molar-refractivity contribution in [1.29, 1.82) is 0 Å². The van der Waals surface area contributed by atoms with Crippen molar-refractivity contribution in [1.82, 2.24) is 0 Å². The summed E-state index contributed by atoms with van der Waals surface area (Å²) in [4.78, 5) is 0. The Morgan fingerprint density at radius 2 is 1.62 bits per heavy atom. The quantitative estimate of drug-likeness (QED) is 0.784. The average Bonchev–Trinajstić information content (AvgIpc) is 2.28. The van der Waals surface area contributed by atoms with Crippen molar-refractivity contribution in [2.24, 2.45) is 0 Å². The van der Waals surface area contributed by atoms with E-state index in [2.05, 4.69) is 0 Å². The maximum atomic E-state index is 9.51. The zero-order valence-corrected chi connectivity index (χ0v) is 8.98. The Labute approximate surface area is 97.5 Å². The minimum absolute atomic E-state index is 0.197. The number of halogens is 1. The Kier molecular flexibility index (Phi) is 2.88. The highest BCUT2D eigenvalue weighted by atomic mass is 35.5. The third kappa shape index (κ3) is 2.20. The highest BCUT2D eigenvalue weighted by Crippen LogP contribution is 2.37. The standard InChI is InChI=1S/C12H9ClO3/c13-8-4-6-9(7-5-8)16-11-3-1-2-10(14)12(11)15/h1-7,14-15H. The summed E-state index contributed by atoms with van der Waals surface area (Å²) < 4.78 is 5.38. The van der Waals surface area contributed by atoms with Crippen molar-refractivity contribution < 1.29 is 14.9 Å². The number of aromatic hydroxyl groups is 2. The molecule has 0 amide bonds. The molecule has 0 radical (unpaired) electrons. The number of phenols is 2. The second kappa shape index (κ2) is 4.33. The zero-order chi connectivity index (χ0) is 11.5. The van der Waals surface area contributed by atoms with Gasteiger partial charge in [0.25, 0.3) is 0 Å². The summed E-state index contributed by atoms with van der Waals surface area (Å²) in [5, 5.41) is 19.4. The lowest BCUT2D eigenvalue weighted by atomic mass is 10.3. The predicted molar refractivity (Wildman–Crippen MR) is 61.3 cm³/mol. The molecule has 0 bridgehead atoms. The van der Waals surface area contributed by atoms with E-state index in [0.29, 0.717) is 10.8 Å². The first-order valence-corrected chi connectivity index (χ1v) is 4.99. The van der Waals surface area contributed by atoms with Crippen LogP contribution in [-0.4, -0.2) is 10.2 Å². The first-order chi connectivity index (χ1) is 7.66. The summed E-state index contributed by atoms with van der Waals surface area (Å²) >= 11 is 5.73. The minimum Gasteiger partial charge on any atom is -0.504 e. The van der Waals surface area contributed by atoms with Crippen LogP contribution in [0.25, 0.3) is 0 Å². The van der Waals surface area contributed by atoms with Crippen molar-refractivity contribution in [2.75, 3.05) is 0 Å².